The minimum absolute atomic E-state index is 0.297. The SMILES string of the molecule is Cc1ccc(NC(=O)Nc2nnc(SCC[NH+]3CCCCC3)s2)cc1. The van der Waals surface area contributed by atoms with Gasteiger partial charge in [0.2, 0.25) is 5.13 Å². The lowest BCUT2D eigenvalue weighted by Crippen LogP contribution is -3.13. The van der Waals surface area contributed by atoms with Gasteiger partial charge in [0.1, 0.15) is 0 Å². The van der Waals surface area contributed by atoms with Crippen LogP contribution in [-0.2, 0) is 0 Å². The summed E-state index contributed by atoms with van der Waals surface area (Å²) in [6.07, 6.45) is 4.08. The van der Waals surface area contributed by atoms with Crippen LogP contribution in [-0.4, -0.2) is 41.6 Å². The third kappa shape index (κ3) is 5.98. The number of urea groups is 1. The number of anilines is 2. The summed E-state index contributed by atoms with van der Waals surface area (Å²) in [5.74, 6) is 1.04. The van der Waals surface area contributed by atoms with Gasteiger partial charge < -0.3 is 10.2 Å². The van der Waals surface area contributed by atoms with E-state index in [1.165, 1.54) is 50.2 Å². The van der Waals surface area contributed by atoms with E-state index in [9.17, 15) is 4.79 Å². The number of benzene rings is 1. The number of rotatable bonds is 6. The monoisotopic (exact) mass is 378 g/mol. The van der Waals surface area contributed by atoms with E-state index in [4.69, 9.17) is 0 Å². The van der Waals surface area contributed by atoms with E-state index < -0.39 is 0 Å². The molecule has 1 aromatic carbocycles. The molecule has 0 unspecified atom stereocenters. The molecule has 2 heterocycles. The standard InChI is InChI=1S/C17H23N5OS2/c1-13-5-7-14(8-6-13)18-15(23)19-16-20-21-17(25-16)24-12-11-22-9-3-2-4-10-22/h5-8H,2-4,9-12H2,1H3,(H2,18,19,20,23)/p+1. The third-order valence-corrected chi connectivity index (χ3v) is 6.15. The van der Waals surface area contributed by atoms with Gasteiger partial charge in [-0.15, -0.1) is 10.2 Å². The van der Waals surface area contributed by atoms with E-state index in [0.717, 1.165) is 21.3 Å². The van der Waals surface area contributed by atoms with Gasteiger partial charge in [-0.1, -0.05) is 40.8 Å². The molecule has 8 heteroatoms. The molecular weight excluding hydrogens is 354 g/mol. The zero-order chi connectivity index (χ0) is 17.5. The number of nitrogens with one attached hydrogen (secondary N) is 3. The molecule has 0 radical (unpaired) electrons. The molecule has 0 bridgehead atoms. The Hall–Kier alpha value is -1.64. The number of hydrogen-bond acceptors (Lipinski definition) is 5. The predicted molar refractivity (Wildman–Crippen MR) is 104 cm³/mol. The first kappa shape index (κ1) is 18.2. The summed E-state index contributed by atoms with van der Waals surface area (Å²) in [6, 6.07) is 7.37. The van der Waals surface area contributed by atoms with Crippen molar-refractivity contribution in [3.05, 3.63) is 29.8 Å². The molecule has 0 atom stereocenters. The van der Waals surface area contributed by atoms with Gasteiger partial charge in [-0.3, -0.25) is 5.32 Å². The second-order valence-corrected chi connectivity index (χ2v) is 8.55. The number of hydrogen-bond donors (Lipinski definition) is 3. The van der Waals surface area contributed by atoms with Crippen LogP contribution >= 0.6 is 23.1 Å². The third-order valence-electron chi connectivity index (χ3n) is 4.18. The summed E-state index contributed by atoms with van der Waals surface area (Å²) >= 11 is 3.14. The number of quaternary nitrogens is 1. The summed E-state index contributed by atoms with van der Waals surface area (Å²) in [5.41, 5.74) is 1.91. The van der Waals surface area contributed by atoms with E-state index in [0.29, 0.717) is 5.13 Å². The van der Waals surface area contributed by atoms with E-state index in [1.807, 2.05) is 31.2 Å². The van der Waals surface area contributed by atoms with Crippen molar-refractivity contribution in [1.29, 1.82) is 0 Å². The summed E-state index contributed by atoms with van der Waals surface area (Å²) < 4.78 is 0.905. The van der Waals surface area contributed by atoms with Crippen molar-refractivity contribution in [3.8, 4) is 0 Å². The highest BCUT2D eigenvalue weighted by atomic mass is 32.2. The molecule has 25 heavy (non-hydrogen) atoms. The molecule has 1 aliphatic heterocycles. The van der Waals surface area contributed by atoms with Crippen molar-refractivity contribution in [2.24, 2.45) is 0 Å². The highest BCUT2D eigenvalue weighted by molar-refractivity contribution is 8.01. The van der Waals surface area contributed by atoms with Crippen LogP contribution in [0.15, 0.2) is 28.6 Å². The van der Waals surface area contributed by atoms with Crippen LogP contribution in [0.5, 0.6) is 0 Å². The van der Waals surface area contributed by atoms with Crippen molar-refractivity contribution >= 4 is 39.9 Å². The van der Waals surface area contributed by atoms with Crippen molar-refractivity contribution in [1.82, 2.24) is 10.2 Å². The Morgan fingerprint density at radius 1 is 1.16 bits per heavy atom. The number of aromatic nitrogens is 2. The molecule has 3 N–H and O–H groups in total. The number of carbonyl (C=O) groups excluding carboxylic acids is 1. The fraction of sp³-hybridized carbons (Fsp3) is 0.471. The van der Waals surface area contributed by atoms with Crippen LogP contribution < -0.4 is 15.5 Å². The first-order chi connectivity index (χ1) is 12.2. The van der Waals surface area contributed by atoms with Crippen LogP contribution in [0.25, 0.3) is 0 Å². The Morgan fingerprint density at radius 2 is 1.92 bits per heavy atom. The summed E-state index contributed by atoms with van der Waals surface area (Å²) in [4.78, 5) is 13.7. The summed E-state index contributed by atoms with van der Waals surface area (Å²) in [7, 11) is 0. The number of carbonyl (C=O) groups is 1. The molecule has 2 aromatic rings. The topological polar surface area (TPSA) is 71.3 Å². The van der Waals surface area contributed by atoms with Gasteiger partial charge in [0, 0.05) is 11.4 Å². The Labute approximate surface area is 156 Å². The molecule has 2 amide bonds. The van der Waals surface area contributed by atoms with Crippen LogP contribution in [0.4, 0.5) is 15.6 Å². The van der Waals surface area contributed by atoms with Crippen molar-refractivity contribution in [2.45, 2.75) is 30.5 Å². The lowest BCUT2D eigenvalue weighted by atomic mass is 10.1. The van der Waals surface area contributed by atoms with Gasteiger partial charge in [-0.2, -0.15) is 0 Å². The maximum atomic E-state index is 12.0. The van der Waals surface area contributed by atoms with E-state index in [2.05, 4.69) is 20.8 Å². The second-order valence-electron chi connectivity index (χ2n) is 6.23. The van der Waals surface area contributed by atoms with Gasteiger partial charge in [0.05, 0.1) is 19.6 Å². The van der Waals surface area contributed by atoms with Crippen LogP contribution in [0.3, 0.4) is 0 Å². The fourth-order valence-electron chi connectivity index (χ4n) is 2.80. The van der Waals surface area contributed by atoms with Crippen molar-refractivity contribution in [3.63, 3.8) is 0 Å². The molecule has 1 saturated heterocycles. The van der Waals surface area contributed by atoms with Crippen LogP contribution in [0.2, 0.25) is 0 Å². The molecule has 0 aliphatic carbocycles. The number of thioether (sulfide) groups is 1. The maximum Gasteiger partial charge on any atom is 0.325 e. The van der Waals surface area contributed by atoms with E-state index >= 15 is 0 Å². The lowest BCUT2D eigenvalue weighted by Gasteiger charge is -2.22. The Balaban J connectivity index is 1.41. The van der Waals surface area contributed by atoms with Crippen LogP contribution in [0.1, 0.15) is 24.8 Å². The maximum absolute atomic E-state index is 12.0. The van der Waals surface area contributed by atoms with Gasteiger partial charge in [-0.05, 0) is 38.3 Å². The van der Waals surface area contributed by atoms with E-state index in [1.54, 1.807) is 16.7 Å². The number of piperidine rings is 1. The second kappa shape index (κ2) is 9.17. The number of amides is 2. The number of aryl methyl sites for hydroxylation is 1. The molecule has 6 nitrogen and oxygen atoms in total. The highest BCUT2D eigenvalue weighted by Crippen LogP contribution is 2.25. The normalized spacial score (nSPS) is 15.1. The molecule has 1 aliphatic rings. The van der Waals surface area contributed by atoms with Crippen molar-refractivity contribution in [2.75, 3.05) is 36.0 Å². The molecule has 0 saturated carbocycles. The summed E-state index contributed by atoms with van der Waals surface area (Å²) in [6.45, 7) is 5.77. The largest absolute Gasteiger partial charge is 0.334 e. The first-order valence-corrected chi connectivity index (χ1v) is 10.4. The minimum atomic E-state index is -0.297. The first-order valence-electron chi connectivity index (χ1n) is 8.63. The average molecular weight is 379 g/mol. The molecule has 0 spiro atoms. The smallest absolute Gasteiger partial charge is 0.325 e. The fourth-order valence-corrected chi connectivity index (χ4v) is 4.66. The Kier molecular flexibility index (Phi) is 6.66. The lowest BCUT2D eigenvalue weighted by molar-refractivity contribution is -0.902. The van der Waals surface area contributed by atoms with Gasteiger partial charge >= 0.3 is 6.03 Å². The van der Waals surface area contributed by atoms with Gasteiger partial charge in [0.25, 0.3) is 0 Å². The van der Waals surface area contributed by atoms with E-state index in [-0.39, 0.29) is 6.03 Å². The molecular formula is C17H24N5OS2+. The quantitative estimate of drug-likeness (QED) is 0.534. The van der Waals surface area contributed by atoms with Gasteiger partial charge in [-0.25, -0.2) is 4.79 Å². The molecule has 1 fully saturated rings. The van der Waals surface area contributed by atoms with Crippen molar-refractivity contribution < 1.29 is 9.69 Å². The number of nitrogens with zero attached hydrogens (tertiary/aromatic N) is 2. The zero-order valence-electron chi connectivity index (χ0n) is 14.4. The van der Waals surface area contributed by atoms with Crippen LogP contribution in [0, 0.1) is 6.92 Å². The minimum Gasteiger partial charge on any atom is -0.334 e. The summed E-state index contributed by atoms with van der Waals surface area (Å²) in [5, 5.41) is 14.3. The molecule has 3 rings (SSSR count). The Morgan fingerprint density at radius 3 is 2.68 bits per heavy atom. The molecule has 134 valence electrons. The molecule has 1 aromatic heterocycles. The average Bonchev–Trinajstić information content (AvgIpc) is 3.05. The zero-order valence-corrected chi connectivity index (χ0v) is 16.0. The van der Waals surface area contributed by atoms with Gasteiger partial charge in [0.15, 0.2) is 4.34 Å². The number of likely N-dealkylation sites (tertiary alicyclic amines) is 1. The highest BCUT2D eigenvalue weighted by Gasteiger charge is 2.14. The predicted octanol–water partition coefficient (Wildman–Crippen LogP) is 2.65. The Bertz CT molecular complexity index is 683.